The number of cyclic esters (lactones) is 1. The summed E-state index contributed by atoms with van der Waals surface area (Å²) in [5.41, 5.74) is 1.79. The first-order chi connectivity index (χ1) is 27.8. The Bertz CT molecular complexity index is 1620. The smallest absolute Gasteiger partial charge is 0.306 e. The zero-order chi connectivity index (χ0) is 41.6. The Hall–Kier alpha value is -1.81. The van der Waals surface area contributed by atoms with Gasteiger partial charge in [0.15, 0.2) is 18.4 Å². The Balaban J connectivity index is 1.20. The maximum absolute atomic E-state index is 15.1. The summed E-state index contributed by atoms with van der Waals surface area (Å²) in [5.74, 6) is -0.364. The molecule has 0 radical (unpaired) electrons. The van der Waals surface area contributed by atoms with Crippen molar-refractivity contribution in [2.24, 2.45) is 23.7 Å². The van der Waals surface area contributed by atoms with E-state index in [-0.39, 0.29) is 103 Å². The van der Waals surface area contributed by atoms with Gasteiger partial charge in [0, 0.05) is 61.8 Å². The lowest BCUT2D eigenvalue weighted by atomic mass is 9.67. The monoisotopic (exact) mass is 830 g/mol. The highest BCUT2D eigenvalue weighted by atomic mass is 32.1. The van der Waals surface area contributed by atoms with Gasteiger partial charge in [-0.3, -0.25) is 9.59 Å². The topological polar surface area (TPSA) is 124 Å². The number of aromatic nitrogens is 1. The van der Waals surface area contributed by atoms with Gasteiger partial charge in [-0.25, -0.2) is 4.98 Å². The van der Waals surface area contributed by atoms with Crippen LogP contribution in [0.4, 0.5) is 0 Å². The molecule has 0 amide bonds. The zero-order valence-electron chi connectivity index (χ0n) is 36.7. The minimum atomic E-state index is -0.632. The Kier molecular flexibility index (Phi) is 14.2. The van der Waals surface area contributed by atoms with E-state index in [1.54, 1.807) is 32.7 Å². The van der Waals surface area contributed by atoms with Crippen molar-refractivity contribution in [3.05, 3.63) is 27.2 Å². The van der Waals surface area contributed by atoms with E-state index in [0.717, 1.165) is 61.2 Å². The van der Waals surface area contributed by atoms with Gasteiger partial charge in [-0.15, -0.1) is 11.3 Å². The molecule has 0 bridgehead atoms. The molecule has 0 spiro atoms. The van der Waals surface area contributed by atoms with Crippen molar-refractivity contribution in [1.29, 1.82) is 0 Å². The molecule has 58 heavy (non-hydrogen) atoms. The Morgan fingerprint density at radius 3 is 2.29 bits per heavy atom. The van der Waals surface area contributed by atoms with E-state index < -0.39 is 18.3 Å². The minimum Gasteiger partial charge on any atom is -0.462 e. The predicted molar refractivity (Wildman–Crippen MR) is 220 cm³/mol. The highest BCUT2D eigenvalue weighted by Crippen LogP contribution is 2.62. The molecule has 1 aromatic heterocycles. The van der Waals surface area contributed by atoms with Crippen LogP contribution in [-0.4, -0.2) is 125 Å². The van der Waals surface area contributed by atoms with E-state index >= 15 is 4.79 Å². The van der Waals surface area contributed by atoms with Crippen LogP contribution in [0.25, 0.3) is 0 Å². The average molecular weight is 831 g/mol. The molecular weight excluding hydrogens is 761 g/mol. The zero-order valence-corrected chi connectivity index (χ0v) is 37.5. The third kappa shape index (κ3) is 8.64. The number of ether oxygens (including phenoxy) is 8. The summed E-state index contributed by atoms with van der Waals surface area (Å²) in [5, 5.41) is 1.09. The molecule has 4 fully saturated rings. The van der Waals surface area contributed by atoms with Gasteiger partial charge in [-0.2, -0.15) is 0 Å². The van der Waals surface area contributed by atoms with E-state index in [9.17, 15) is 4.79 Å². The number of Topliss-reactive ketones (excluding diaryl/α,β-unsaturated/α-hetero) is 1. The van der Waals surface area contributed by atoms with E-state index in [1.165, 1.54) is 4.88 Å². The lowest BCUT2D eigenvalue weighted by Gasteiger charge is -2.44. The quantitative estimate of drug-likeness (QED) is 0.223. The third-order valence-electron chi connectivity index (χ3n) is 14.4. The van der Waals surface area contributed by atoms with Gasteiger partial charge in [0.25, 0.3) is 0 Å². The lowest BCUT2D eigenvalue weighted by molar-refractivity contribution is -0.314. The number of hydrogen-bond acceptors (Lipinski definition) is 13. The van der Waals surface area contributed by atoms with E-state index in [2.05, 4.69) is 52.8 Å². The van der Waals surface area contributed by atoms with Crippen molar-refractivity contribution in [2.45, 2.75) is 185 Å². The number of esters is 1. The summed E-state index contributed by atoms with van der Waals surface area (Å²) in [6.07, 6.45) is 5.71. The van der Waals surface area contributed by atoms with Crippen molar-refractivity contribution in [2.75, 3.05) is 35.4 Å². The van der Waals surface area contributed by atoms with Gasteiger partial charge in [0.2, 0.25) is 0 Å². The maximum atomic E-state index is 15.1. The molecule has 7 rings (SSSR count). The fourth-order valence-electron chi connectivity index (χ4n) is 11.3. The molecule has 3 aliphatic heterocycles. The molecule has 0 aromatic carbocycles. The SMILES string of the molecule is CC[C@H]1CCC[C@H](O[C@H]2CC[C@H](N(C)C)C(C)O2)[C@@H](C)C(=O)C2=C[C@H]3[C@@H]4C[C@H](O[C@@H]5OC(C)[C@H](OC)C(OC)C5OC)C[C@H]4c4sc(C(C)C)nc4[C@H]3[C@@H]2CC(=O)O1. The van der Waals surface area contributed by atoms with E-state index in [0.29, 0.717) is 12.5 Å². The van der Waals surface area contributed by atoms with Crippen LogP contribution in [0, 0.1) is 23.7 Å². The number of nitrogens with zero attached hydrogens (tertiary/aromatic N) is 2. The fourth-order valence-corrected chi connectivity index (χ4v) is 12.6. The average Bonchev–Trinajstić information content (AvgIpc) is 3.91. The molecule has 0 N–H and O–H groups in total. The maximum Gasteiger partial charge on any atom is 0.306 e. The number of carbonyl (C=O) groups excluding carboxylic acids is 2. The molecule has 3 aliphatic carbocycles. The molecule has 3 saturated heterocycles. The van der Waals surface area contributed by atoms with Crippen molar-refractivity contribution in [3.8, 4) is 0 Å². The summed E-state index contributed by atoms with van der Waals surface area (Å²) >= 11 is 1.80. The first kappa shape index (κ1) is 44.3. The molecule has 1 saturated carbocycles. The minimum absolute atomic E-state index is 0.0168. The predicted octanol–water partition coefficient (Wildman–Crippen LogP) is 7.15. The number of thiazole rings is 1. The Labute approximate surface area is 350 Å². The number of rotatable bonds is 10. The first-order valence-corrected chi connectivity index (χ1v) is 22.9. The van der Waals surface area contributed by atoms with Gasteiger partial charge in [0.1, 0.15) is 24.4 Å². The van der Waals surface area contributed by atoms with E-state index in [1.807, 2.05) is 13.8 Å². The third-order valence-corrected chi connectivity index (χ3v) is 15.9. The highest BCUT2D eigenvalue weighted by molar-refractivity contribution is 7.12. The van der Waals surface area contributed by atoms with E-state index in [4.69, 9.17) is 42.9 Å². The Morgan fingerprint density at radius 1 is 0.897 bits per heavy atom. The number of methoxy groups -OCH3 is 3. The van der Waals surface area contributed by atoms with Crippen LogP contribution in [0.5, 0.6) is 0 Å². The summed E-state index contributed by atoms with van der Waals surface area (Å²) in [6, 6.07) is 0.324. The molecule has 4 heterocycles. The Morgan fingerprint density at radius 2 is 1.64 bits per heavy atom. The molecule has 326 valence electrons. The number of carbonyl (C=O) groups is 2. The summed E-state index contributed by atoms with van der Waals surface area (Å²) in [4.78, 5) is 37.9. The van der Waals surface area contributed by atoms with Crippen LogP contribution in [0.2, 0.25) is 0 Å². The van der Waals surface area contributed by atoms with Crippen LogP contribution >= 0.6 is 11.3 Å². The number of hydrogen-bond donors (Lipinski definition) is 0. The van der Waals surface area contributed by atoms with Crippen molar-refractivity contribution in [1.82, 2.24) is 9.88 Å². The standard InChI is InChI=1S/C45H70N2O10S/c1-12-26-14-13-15-34(57-36-17-16-33(47(7)8)24(5)53-36)23(4)39(49)31-20-29-28-18-27(56-45-42(52-11)41(51-10)40(50-9)25(6)54-45)19-32(28)43-38(46-44(58-43)22(2)3)37(29)30(31)21-35(48)55-26/h20,22-30,32-34,36-37,40-42,45H,12-19,21H2,1-11H3/t23-,24?,25?,26+,27+,28+,29+,30-,32-,33+,34+,36+,37-,40+,41?,42?,45+/m1/s1. The van der Waals surface area contributed by atoms with Crippen LogP contribution in [-0.2, 0) is 47.5 Å². The van der Waals surface area contributed by atoms with Gasteiger partial charge in [-0.1, -0.05) is 33.8 Å². The second-order valence-corrected chi connectivity index (χ2v) is 19.5. The van der Waals surface area contributed by atoms with Crippen LogP contribution in [0.3, 0.4) is 0 Å². The lowest BCUT2D eigenvalue weighted by Crippen LogP contribution is -2.59. The molecule has 6 aliphatic rings. The number of ketones is 1. The number of allylic oxidation sites excluding steroid dienone is 2. The van der Waals surface area contributed by atoms with Crippen LogP contribution < -0.4 is 0 Å². The first-order valence-electron chi connectivity index (χ1n) is 22.1. The normalized spacial score (nSPS) is 42.2. The molecule has 1 aromatic rings. The molecular formula is C45H70N2O10S. The van der Waals surface area contributed by atoms with Gasteiger partial charge in [0.05, 0.1) is 41.5 Å². The fraction of sp³-hybridized carbons (Fsp3) is 0.844. The number of likely N-dealkylation sites (N-methyl/N-ethyl adjacent to an activating group) is 1. The summed E-state index contributed by atoms with van der Waals surface area (Å²) in [6.45, 7) is 12.6. The van der Waals surface area contributed by atoms with Gasteiger partial charge in [-0.05, 0) is 96.7 Å². The molecule has 13 heteroatoms. The summed E-state index contributed by atoms with van der Waals surface area (Å²) in [7, 11) is 9.18. The van der Waals surface area contributed by atoms with Crippen LogP contribution in [0.15, 0.2) is 11.6 Å². The van der Waals surface area contributed by atoms with Crippen molar-refractivity contribution >= 4 is 23.1 Å². The molecule has 12 nitrogen and oxygen atoms in total. The largest absolute Gasteiger partial charge is 0.462 e. The molecule has 17 atom stereocenters. The highest BCUT2D eigenvalue weighted by Gasteiger charge is 2.57. The van der Waals surface area contributed by atoms with Crippen molar-refractivity contribution in [3.63, 3.8) is 0 Å². The second-order valence-electron chi connectivity index (χ2n) is 18.5. The van der Waals surface area contributed by atoms with Crippen molar-refractivity contribution < 1.29 is 47.5 Å². The second kappa shape index (κ2) is 18.7. The number of fused-ring (bicyclic) bond motifs is 8. The summed E-state index contributed by atoms with van der Waals surface area (Å²) < 4.78 is 50.4. The van der Waals surface area contributed by atoms with Crippen LogP contribution in [0.1, 0.15) is 133 Å². The van der Waals surface area contributed by atoms with Gasteiger partial charge < -0.3 is 42.8 Å². The van der Waals surface area contributed by atoms with Gasteiger partial charge >= 0.3 is 5.97 Å². The molecule has 4 unspecified atom stereocenters.